The molecule has 2 fully saturated rings. The van der Waals surface area contributed by atoms with Gasteiger partial charge in [0.15, 0.2) is 0 Å². The summed E-state index contributed by atoms with van der Waals surface area (Å²) in [7, 11) is 0. The van der Waals surface area contributed by atoms with E-state index in [-0.39, 0.29) is 36.3 Å². The molecule has 7 nitrogen and oxygen atoms in total. The van der Waals surface area contributed by atoms with Crippen LogP contribution in [0.3, 0.4) is 0 Å². The predicted molar refractivity (Wildman–Crippen MR) is 126 cm³/mol. The standard InChI is InChI=1S/C27H30N2O5/c30-25(29-24-12-6-5-11-21(24)26(31)32)22-13-16(22)14-28-27(33)34-15-23-19-9-3-1-7-17(19)18-8-2-4-10-20(18)23/h1-4,7-10,16,21-24H,5-6,11-15H2,(H,28,33)(H,29,30)(H,31,32)/t16-,21?,22-,24?/m1/s1. The van der Waals surface area contributed by atoms with Gasteiger partial charge in [0, 0.05) is 24.4 Å². The first-order chi connectivity index (χ1) is 16.5. The van der Waals surface area contributed by atoms with Crippen LogP contribution in [0.25, 0.3) is 11.1 Å². The molecule has 2 unspecified atom stereocenters. The van der Waals surface area contributed by atoms with Crippen LogP contribution in [-0.2, 0) is 14.3 Å². The molecule has 3 aliphatic rings. The second-order valence-electron chi connectivity index (χ2n) is 9.65. The van der Waals surface area contributed by atoms with E-state index in [1.54, 1.807) is 0 Å². The fourth-order valence-corrected chi connectivity index (χ4v) is 5.55. The topological polar surface area (TPSA) is 105 Å². The summed E-state index contributed by atoms with van der Waals surface area (Å²) in [5, 5.41) is 15.1. The van der Waals surface area contributed by atoms with Gasteiger partial charge < -0.3 is 20.5 Å². The molecule has 0 bridgehead atoms. The first-order valence-corrected chi connectivity index (χ1v) is 12.1. The van der Waals surface area contributed by atoms with Gasteiger partial charge in [0.2, 0.25) is 5.91 Å². The highest BCUT2D eigenvalue weighted by Crippen LogP contribution is 2.44. The van der Waals surface area contributed by atoms with Gasteiger partial charge in [0.05, 0.1) is 5.92 Å². The molecule has 2 amide bonds. The van der Waals surface area contributed by atoms with E-state index < -0.39 is 18.0 Å². The number of hydrogen-bond donors (Lipinski definition) is 3. The fraction of sp³-hybridized carbons (Fsp3) is 0.444. The van der Waals surface area contributed by atoms with Crippen molar-refractivity contribution in [2.24, 2.45) is 17.8 Å². The maximum Gasteiger partial charge on any atom is 0.407 e. The lowest BCUT2D eigenvalue weighted by Gasteiger charge is -2.29. The summed E-state index contributed by atoms with van der Waals surface area (Å²) in [5.74, 6) is -1.55. The van der Waals surface area contributed by atoms with Gasteiger partial charge in [-0.2, -0.15) is 0 Å². The highest BCUT2D eigenvalue weighted by atomic mass is 16.5. The van der Waals surface area contributed by atoms with Crippen LogP contribution >= 0.6 is 0 Å². The van der Waals surface area contributed by atoms with Crippen molar-refractivity contribution in [2.75, 3.05) is 13.2 Å². The summed E-state index contributed by atoms with van der Waals surface area (Å²) in [6.07, 6.45) is 3.35. The van der Waals surface area contributed by atoms with Crippen molar-refractivity contribution in [3.63, 3.8) is 0 Å². The molecule has 0 heterocycles. The van der Waals surface area contributed by atoms with E-state index in [0.717, 1.165) is 24.0 Å². The molecule has 0 spiro atoms. The molecule has 0 saturated heterocycles. The smallest absolute Gasteiger partial charge is 0.407 e. The molecule has 5 rings (SSSR count). The second-order valence-corrected chi connectivity index (χ2v) is 9.65. The number of rotatable bonds is 7. The fourth-order valence-electron chi connectivity index (χ4n) is 5.55. The van der Waals surface area contributed by atoms with Gasteiger partial charge in [-0.15, -0.1) is 0 Å². The number of alkyl carbamates (subject to hydrolysis) is 1. The number of hydrogen-bond acceptors (Lipinski definition) is 4. The van der Waals surface area contributed by atoms with Crippen LogP contribution in [0.5, 0.6) is 0 Å². The monoisotopic (exact) mass is 462 g/mol. The zero-order chi connectivity index (χ0) is 23.7. The van der Waals surface area contributed by atoms with Crippen LogP contribution in [0, 0.1) is 17.8 Å². The minimum Gasteiger partial charge on any atom is -0.481 e. The normalized spacial score (nSPS) is 25.1. The van der Waals surface area contributed by atoms with Gasteiger partial charge in [-0.1, -0.05) is 61.4 Å². The summed E-state index contributed by atoms with van der Waals surface area (Å²) in [6, 6.07) is 16.1. The average Bonchev–Trinajstić information content (AvgIpc) is 3.57. The van der Waals surface area contributed by atoms with Crippen molar-refractivity contribution in [2.45, 2.75) is 44.1 Å². The first kappa shape index (κ1) is 22.4. The largest absolute Gasteiger partial charge is 0.481 e. The van der Waals surface area contributed by atoms with Crippen LogP contribution in [-0.4, -0.2) is 42.3 Å². The van der Waals surface area contributed by atoms with E-state index in [0.29, 0.717) is 25.8 Å². The number of nitrogens with one attached hydrogen (secondary N) is 2. The molecular weight excluding hydrogens is 432 g/mol. The van der Waals surface area contributed by atoms with E-state index in [4.69, 9.17) is 4.74 Å². The number of carbonyl (C=O) groups is 3. The zero-order valence-corrected chi connectivity index (χ0v) is 19.0. The van der Waals surface area contributed by atoms with E-state index >= 15 is 0 Å². The lowest BCUT2D eigenvalue weighted by Crippen LogP contribution is -2.46. The van der Waals surface area contributed by atoms with E-state index in [1.807, 2.05) is 24.3 Å². The SMILES string of the molecule is O=C(NC[C@H]1C[C@H]1C(=O)NC1CCCCC1C(=O)O)OCC1c2ccccc2-c2ccccc21. The minimum absolute atomic E-state index is 0.00951. The van der Waals surface area contributed by atoms with Crippen LogP contribution in [0.1, 0.15) is 49.1 Å². The van der Waals surface area contributed by atoms with Crippen molar-refractivity contribution < 1.29 is 24.2 Å². The lowest BCUT2D eigenvalue weighted by atomic mass is 9.84. The molecular formula is C27H30N2O5. The molecule has 34 heavy (non-hydrogen) atoms. The summed E-state index contributed by atoms with van der Waals surface area (Å²) in [6.45, 7) is 0.633. The number of carbonyl (C=O) groups excluding carboxylic acids is 2. The number of carboxylic acid groups (broad SMARTS) is 1. The molecule has 2 aromatic carbocycles. The van der Waals surface area contributed by atoms with Crippen molar-refractivity contribution in [3.8, 4) is 11.1 Å². The summed E-state index contributed by atoms with van der Waals surface area (Å²) >= 11 is 0. The highest BCUT2D eigenvalue weighted by molar-refractivity contribution is 5.83. The minimum atomic E-state index is -0.839. The van der Waals surface area contributed by atoms with Crippen molar-refractivity contribution in [1.82, 2.24) is 10.6 Å². The molecule has 3 aliphatic carbocycles. The Bertz CT molecular complexity index is 1050. The van der Waals surface area contributed by atoms with Gasteiger partial charge in [-0.05, 0) is 47.4 Å². The van der Waals surface area contributed by atoms with Gasteiger partial charge in [0.1, 0.15) is 6.61 Å². The van der Waals surface area contributed by atoms with E-state index in [9.17, 15) is 19.5 Å². The molecule has 0 radical (unpaired) electrons. The third-order valence-corrected chi connectivity index (χ3v) is 7.52. The first-order valence-electron chi connectivity index (χ1n) is 12.1. The number of fused-ring (bicyclic) bond motifs is 3. The molecule has 0 aliphatic heterocycles. The third-order valence-electron chi connectivity index (χ3n) is 7.52. The van der Waals surface area contributed by atoms with Gasteiger partial charge in [0.25, 0.3) is 0 Å². The average molecular weight is 463 g/mol. The Labute approximate surface area is 198 Å². The maximum atomic E-state index is 12.6. The van der Waals surface area contributed by atoms with Gasteiger partial charge in [-0.3, -0.25) is 9.59 Å². The van der Waals surface area contributed by atoms with Crippen molar-refractivity contribution in [1.29, 1.82) is 0 Å². The Morgan fingerprint density at radius 1 is 0.912 bits per heavy atom. The Morgan fingerprint density at radius 3 is 2.24 bits per heavy atom. The molecule has 4 atom stereocenters. The number of ether oxygens (including phenoxy) is 1. The Morgan fingerprint density at radius 2 is 1.56 bits per heavy atom. The van der Waals surface area contributed by atoms with Crippen LogP contribution < -0.4 is 10.6 Å². The predicted octanol–water partition coefficient (Wildman–Crippen LogP) is 3.92. The number of benzene rings is 2. The number of aliphatic carboxylic acids is 1. The molecule has 7 heteroatoms. The van der Waals surface area contributed by atoms with Crippen molar-refractivity contribution in [3.05, 3.63) is 59.7 Å². The molecule has 2 aromatic rings. The Hall–Kier alpha value is -3.35. The molecule has 3 N–H and O–H groups in total. The zero-order valence-electron chi connectivity index (χ0n) is 19.0. The van der Waals surface area contributed by atoms with Crippen LogP contribution in [0.2, 0.25) is 0 Å². The summed E-state index contributed by atoms with van der Waals surface area (Å²) < 4.78 is 5.56. The Kier molecular flexibility index (Phi) is 6.26. The Balaban J connectivity index is 1.09. The molecule has 0 aromatic heterocycles. The second kappa shape index (κ2) is 9.49. The van der Waals surface area contributed by atoms with E-state index in [1.165, 1.54) is 11.1 Å². The quantitative estimate of drug-likeness (QED) is 0.579. The lowest BCUT2D eigenvalue weighted by molar-refractivity contribution is -0.144. The van der Waals surface area contributed by atoms with Gasteiger partial charge in [-0.25, -0.2) is 4.79 Å². The van der Waals surface area contributed by atoms with E-state index in [2.05, 4.69) is 34.9 Å². The van der Waals surface area contributed by atoms with Crippen LogP contribution in [0.15, 0.2) is 48.5 Å². The van der Waals surface area contributed by atoms with Crippen LogP contribution in [0.4, 0.5) is 4.79 Å². The summed E-state index contributed by atoms with van der Waals surface area (Å²) in [4.78, 5) is 36.4. The number of amides is 2. The molecule has 178 valence electrons. The summed E-state index contributed by atoms with van der Waals surface area (Å²) in [5.41, 5.74) is 4.69. The van der Waals surface area contributed by atoms with Gasteiger partial charge >= 0.3 is 12.1 Å². The molecule has 2 saturated carbocycles. The number of carboxylic acids is 1. The third kappa shape index (κ3) is 4.52. The highest BCUT2D eigenvalue weighted by Gasteiger charge is 2.44. The maximum absolute atomic E-state index is 12.6. The van der Waals surface area contributed by atoms with Crippen molar-refractivity contribution >= 4 is 18.0 Å².